The first kappa shape index (κ1) is 17.4. The van der Waals surface area contributed by atoms with Gasteiger partial charge in [0, 0.05) is 17.5 Å². The maximum atomic E-state index is 11.7. The van der Waals surface area contributed by atoms with Gasteiger partial charge in [0.05, 0.1) is 23.7 Å². The van der Waals surface area contributed by atoms with Gasteiger partial charge < -0.3 is 10.4 Å². The van der Waals surface area contributed by atoms with E-state index in [1.54, 1.807) is 11.3 Å². The molecule has 0 aliphatic carbocycles. The molecular weight excluding hydrogens is 332 g/mol. The molecule has 1 aromatic heterocycles. The Bertz CT molecular complexity index is 595. The van der Waals surface area contributed by atoms with E-state index in [2.05, 4.69) is 34.7 Å². The molecule has 0 amide bonds. The van der Waals surface area contributed by atoms with Gasteiger partial charge in [0.2, 0.25) is 0 Å². The van der Waals surface area contributed by atoms with E-state index in [0.717, 1.165) is 19.0 Å². The first-order valence-electron chi connectivity index (χ1n) is 8.34. The summed E-state index contributed by atoms with van der Waals surface area (Å²) in [5, 5.41) is 15.4. The van der Waals surface area contributed by atoms with Crippen LogP contribution in [0.3, 0.4) is 0 Å². The molecule has 0 bridgehead atoms. The maximum absolute atomic E-state index is 11.7. The van der Waals surface area contributed by atoms with Gasteiger partial charge in [-0.1, -0.05) is 13.0 Å². The highest BCUT2D eigenvalue weighted by Crippen LogP contribution is 2.29. The number of aliphatic hydroxyl groups excluding tert-OH is 1. The fraction of sp³-hybridized carbons (Fsp3) is 0.750. The predicted octanol–water partition coefficient (Wildman–Crippen LogP) is 1.27. The molecular formula is C16H26N2O3S2. The lowest BCUT2D eigenvalue weighted by molar-refractivity contribution is 0.123. The highest BCUT2D eigenvalue weighted by Gasteiger charge is 2.37. The summed E-state index contributed by atoms with van der Waals surface area (Å²) in [6, 6.07) is 4.13. The second kappa shape index (κ2) is 7.19. The van der Waals surface area contributed by atoms with Crippen molar-refractivity contribution in [3.8, 4) is 0 Å². The zero-order valence-corrected chi connectivity index (χ0v) is 15.2. The van der Waals surface area contributed by atoms with E-state index >= 15 is 0 Å². The standard InChI is InChI=1S/C16H26N2O3S2/c1-12-4-6-18(7-5-12)14(16-3-2-8-22-16)9-17-13-10-23(20,21)11-15(13)19/h2-3,8,12-15,17,19H,4-7,9-11H2,1H3/t13-,14-,15+/m1/s1. The fourth-order valence-electron chi connectivity index (χ4n) is 3.52. The molecule has 2 N–H and O–H groups in total. The minimum atomic E-state index is -3.10. The zero-order chi connectivity index (χ0) is 16.4. The lowest BCUT2D eigenvalue weighted by atomic mass is 9.97. The number of thiophene rings is 1. The molecule has 23 heavy (non-hydrogen) atoms. The topological polar surface area (TPSA) is 69.6 Å². The molecule has 5 nitrogen and oxygen atoms in total. The van der Waals surface area contributed by atoms with Crippen LogP contribution in [0.1, 0.15) is 30.7 Å². The molecule has 1 aromatic rings. The summed E-state index contributed by atoms with van der Waals surface area (Å²) in [5.74, 6) is 0.711. The van der Waals surface area contributed by atoms with Gasteiger partial charge in [-0.3, -0.25) is 4.90 Å². The fourth-order valence-corrected chi connectivity index (χ4v) is 6.15. The van der Waals surface area contributed by atoms with Crippen molar-refractivity contribution >= 4 is 21.2 Å². The molecule has 3 rings (SSSR count). The lowest BCUT2D eigenvalue weighted by Crippen LogP contribution is -2.45. The van der Waals surface area contributed by atoms with Crippen molar-refractivity contribution in [2.75, 3.05) is 31.1 Å². The molecule has 0 aromatic carbocycles. The van der Waals surface area contributed by atoms with Crippen LogP contribution in [0.2, 0.25) is 0 Å². The first-order valence-corrected chi connectivity index (χ1v) is 11.0. The van der Waals surface area contributed by atoms with E-state index in [1.807, 2.05) is 0 Å². The van der Waals surface area contributed by atoms with E-state index in [4.69, 9.17) is 0 Å². The van der Waals surface area contributed by atoms with Crippen molar-refractivity contribution < 1.29 is 13.5 Å². The Labute approximate surface area is 142 Å². The Morgan fingerprint density at radius 1 is 1.39 bits per heavy atom. The minimum Gasteiger partial charge on any atom is -0.390 e. The van der Waals surface area contributed by atoms with Gasteiger partial charge in [-0.05, 0) is 43.3 Å². The smallest absolute Gasteiger partial charge is 0.154 e. The average molecular weight is 359 g/mol. The molecule has 2 saturated heterocycles. The summed E-state index contributed by atoms with van der Waals surface area (Å²) in [6.07, 6.45) is 1.63. The minimum absolute atomic E-state index is 0.0440. The summed E-state index contributed by atoms with van der Waals surface area (Å²) in [4.78, 5) is 3.80. The normalized spacial score (nSPS) is 30.5. The highest BCUT2D eigenvalue weighted by atomic mass is 32.2. The number of aliphatic hydroxyl groups is 1. The van der Waals surface area contributed by atoms with Gasteiger partial charge in [-0.25, -0.2) is 8.42 Å². The largest absolute Gasteiger partial charge is 0.390 e. The molecule has 130 valence electrons. The van der Waals surface area contributed by atoms with Gasteiger partial charge in [0.1, 0.15) is 0 Å². The van der Waals surface area contributed by atoms with Crippen LogP contribution in [0.5, 0.6) is 0 Å². The Morgan fingerprint density at radius 2 is 2.13 bits per heavy atom. The number of nitrogens with one attached hydrogen (secondary N) is 1. The van der Waals surface area contributed by atoms with Gasteiger partial charge in [0.15, 0.2) is 9.84 Å². The van der Waals surface area contributed by atoms with Crippen molar-refractivity contribution in [1.82, 2.24) is 10.2 Å². The van der Waals surface area contributed by atoms with Gasteiger partial charge in [-0.15, -0.1) is 11.3 Å². The van der Waals surface area contributed by atoms with Crippen LogP contribution in [0.25, 0.3) is 0 Å². The van der Waals surface area contributed by atoms with E-state index in [0.29, 0.717) is 6.54 Å². The molecule has 7 heteroatoms. The van der Waals surface area contributed by atoms with Crippen LogP contribution in [-0.4, -0.2) is 61.7 Å². The van der Waals surface area contributed by atoms with Crippen LogP contribution < -0.4 is 5.32 Å². The third-order valence-electron chi connectivity index (χ3n) is 5.03. The number of piperidine rings is 1. The summed E-state index contributed by atoms with van der Waals surface area (Å²) in [6.45, 7) is 5.15. The van der Waals surface area contributed by atoms with Crippen LogP contribution in [-0.2, 0) is 9.84 Å². The third kappa shape index (κ3) is 4.33. The number of nitrogens with zero attached hydrogens (tertiary/aromatic N) is 1. The zero-order valence-electron chi connectivity index (χ0n) is 13.5. The van der Waals surface area contributed by atoms with E-state index in [9.17, 15) is 13.5 Å². The molecule has 0 saturated carbocycles. The first-order chi connectivity index (χ1) is 10.9. The number of likely N-dealkylation sites (tertiary alicyclic amines) is 1. The number of sulfone groups is 1. The molecule has 2 aliphatic heterocycles. The maximum Gasteiger partial charge on any atom is 0.154 e. The Kier molecular flexibility index (Phi) is 5.42. The van der Waals surface area contributed by atoms with Crippen molar-refractivity contribution in [1.29, 1.82) is 0 Å². The van der Waals surface area contributed by atoms with Gasteiger partial charge in [-0.2, -0.15) is 0 Å². The van der Waals surface area contributed by atoms with Crippen LogP contribution in [0.15, 0.2) is 17.5 Å². The summed E-state index contributed by atoms with van der Waals surface area (Å²) >= 11 is 1.75. The molecule has 3 atom stereocenters. The van der Waals surface area contributed by atoms with E-state index < -0.39 is 15.9 Å². The summed E-state index contributed by atoms with van der Waals surface area (Å²) in [5.41, 5.74) is 0. The average Bonchev–Trinajstić information content (AvgIpc) is 3.09. The lowest BCUT2D eigenvalue weighted by Gasteiger charge is -2.37. The van der Waals surface area contributed by atoms with Crippen molar-refractivity contribution in [3.05, 3.63) is 22.4 Å². The number of rotatable bonds is 5. The molecule has 2 fully saturated rings. The SMILES string of the molecule is CC1CCN([C@H](CN[C@@H]2CS(=O)(=O)C[C@@H]2O)c2cccs2)CC1. The van der Waals surface area contributed by atoms with Crippen LogP contribution in [0, 0.1) is 5.92 Å². The van der Waals surface area contributed by atoms with E-state index in [-0.39, 0.29) is 23.6 Å². The van der Waals surface area contributed by atoms with Crippen LogP contribution >= 0.6 is 11.3 Å². The summed E-state index contributed by atoms with van der Waals surface area (Å²) < 4.78 is 23.3. The van der Waals surface area contributed by atoms with Gasteiger partial charge in [0.25, 0.3) is 0 Å². The Morgan fingerprint density at radius 3 is 2.70 bits per heavy atom. The molecule has 0 unspecified atom stereocenters. The number of hydrogen-bond donors (Lipinski definition) is 2. The Hall–Kier alpha value is -0.470. The predicted molar refractivity (Wildman–Crippen MR) is 93.5 cm³/mol. The van der Waals surface area contributed by atoms with Crippen LogP contribution in [0.4, 0.5) is 0 Å². The molecule has 0 radical (unpaired) electrons. The second-order valence-electron chi connectivity index (χ2n) is 6.91. The quantitative estimate of drug-likeness (QED) is 0.830. The third-order valence-corrected chi connectivity index (χ3v) is 7.72. The second-order valence-corrected chi connectivity index (χ2v) is 10.0. The monoisotopic (exact) mass is 358 g/mol. The highest BCUT2D eigenvalue weighted by molar-refractivity contribution is 7.91. The van der Waals surface area contributed by atoms with Crippen molar-refractivity contribution in [2.24, 2.45) is 5.92 Å². The van der Waals surface area contributed by atoms with E-state index in [1.165, 1.54) is 17.7 Å². The Balaban J connectivity index is 1.65. The summed E-state index contributed by atoms with van der Waals surface area (Å²) in [7, 11) is -3.10. The number of hydrogen-bond acceptors (Lipinski definition) is 6. The van der Waals surface area contributed by atoms with Crippen molar-refractivity contribution in [2.45, 2.75) is 38.0 Å². The van der Waals surface area contributed by atoms with Crippen molar-refractivity contribution in [3.63, 3.8) is 0 Å². The van der Waals surface area contributed by atoms with Gasteiger partial charge >= 0.3 is 0 Å². The molecule has 0 spiro atoms. The molecule has 2 aliphatic rings. The molecule has 3 heterocycles.